The van der Waals surface area contributed by atoms with Gasteiger partial charge in [-0.25, -0.2) is 14.6 Å². The molecule has 9 fully saturated rings. The fourth-order valence-corrected chi connectivity index (χ4v) is 21.1. The minimum atomic E-state index is -0.750. The summed E-state index contributed by atoms with van der Waals surface area (Å²) < 4.78 is 35.9. The lowest BCUT2D eigenvalue weighted by molar-refractivity contribution is -0.137. The van der Waals surface area contributed by atoms with Crippen LogP contribution in [0.2, 0.25) is 0 Å². The molecule has 10 aliphatic heterocycles. The summed E-state index contributed by atoms with van der Waals surface area (Å²) in [4.78, 5) is 132. The van der Waals surface area contributed by atoms with Crippen LogP contribution in [0.15, 0.2) is 109 Å². The van der Waals surface area contributed by atoms with E-state index in [4.69, 9.17) is 28.9 Å². The fourth-order valence-electron chi connectivity index (χ4n) is 21.1. The van der Waals surface area contributed by atoms with Gasteiger partial charge in [-0.15, -0.1) is 0 Å². The number of carbonyl (C=O) groups excluding carboxylic acids is 4. The number of nitrogens with zero attached hydrogens (tertiary/aromatic N) is 15. The van der Waals surface area contributed by atoms with E-state index in [1.165, 1.54) is 0 Å². The van der Waals surface area contributed by atoms with Crippen LogP contribution in [0, 0.1) is 10.8 Å². The Morgan fingerprint density at radius 1 is 0.508 bits per heavy atom. The number of piperidine rings is 6. The first-order valence-electron chi connectivity index (χ1n) is 42.3. The van der Waals surface area contributed by atoms with Gasteiger partial charge in [-0.3, -0.25) is 82.3 Å². The maximum Gasteiger partial charge on any atom is 0.329 e. The van der Waals surface area contributed by atoms with E-state index >= 15 is 0 Å². The first-order chi connectivity index (χ1) is 57.1. The molecule has 0 radical (unpaired) electrons. The van der Waals surface area contributed by atoms with Gasteiger partial charge in [-0.1, -0.05) is 0 Å². The van der Waals surface area contributed by atoms with E-state index in [1.54, 1.807) is 89.3 Å². The summed E-state index contributed by atoms with van der Waals surface area (Å²) in [5.74, 6) is 2.21. The predicted molar refractivity (Wildman–Crippen MR) is 451 cm³/mol. The number of pyridine rings is 3. The van der Waals surface area contributed by atoms with E-state index in [2.05, 4.69) is 99.5 Å². The molecule has 9 aromatic rings. The number of methoxy groups -OCH3 is 3. The number of nitrogens with one attached hydrogen (secondary N) is 2. The molecule has 5 aromatic heterocycles. The van der Waals surface area contributed by atoms with Crippen LogP contribution in [-0.4, -0.2) is 213 Å². The van der Waals surface area contributed by atoms with Crippen molar-refractivity contribution in [3.8, 4) is 45.3 Å². The van der Waals surface area contributed by atoms with Crippen LogP contribution < -0.4 is 66.8 Å². The molecule has 0 aliphatic carbocycles. The number of fused-ring (bicyclic) bond motifs is 4. The molecule has 4 aromatic carbocycles. The van der Waals surface area contributed by atoms with Crippen LogP contribution in [-0.2, 0) is 66.9 Å². The molecule has 10 aliphatic rings. The monoisotopic (exact) mass is 1600 g/mol. The number of likely N-dealkylation sites (tertiary alicyclic amines) is 4. The molecule has 19 rings (SSSR count). The normalized spacial score (nSPS) is 22.6. The zero-order valence-electron chi connectivity index (χ0n) is 68.6. The number of aryl methyl sites for hydroxylation is 4. The van der Waals surface area contributed by atoms with Crippen molar-refractivity contribution in [1.29, 1.82) is 0 Å². The number of amides is 4. The van der Waals surface area contributed by atoms with Crippen molar-refractivity contribution < 1.29 is 38.1 Å². The van der Waals surface area contributed by atoms with Crippen molar-refractivity contribution in [2.45, 2.75) is 140 Å². The number of aliphatic imine (C=N–C) groups is 1. The first-order valence-corrected chi connectivity index (χ1v) is 42.3. The highest BCUT2D eigenvalue weighted by Gasteiger charge is 2.48. The molecule has 2 spiro atoms. The average Bonchev–Trinajstić information content (AvgIpc) is 1.23. The number of hydrogen-bond acceptors (Lipinski definition) is 21. The Morgan fingerprint density at radius 2 is 1.06 bits per heavy atom. The molecule has 618 valence electrons. The molecule has 4 unspecified atom stereocenters. The highest BCUT2D eigenvalue weighted by atomic mass is 16.5. The molecule has 118 heavy (non-hydrogen) atoms. The Morgan fingerprint density at radius 3 is 1.64 bits per heavy atom. The molecule has 15 heterocycles. The molecule has 4 atom stereocenters. The molecule has 29 heteroatoms. The van der Waals surface area contributed by atoms with Gasteiger partial charge in [0.05, 0.1) is 65.5 Å². The molecular formula is C89H105N17O12. The second-order valence-corrected chi connectivity index (χ2v) is 35.1. The molecule has 0 saturated carbocycles. The summed E-state index contributed by atoms with van der Waals surface area (Å²) >= 11 is 0. The average molecular weight is 1600 g/mol. The number of hydrogen-bond donors (Lipinski definition) is 2. The van der Waals surface area contributed by atoms with Gasteiger partial charge in [0.1, 0.15) is 53.7 Å². The van der Waals surface area contributed by atoms with Gasteiger partial charge in [0.15, 0.2) is 0 Å². The van der Waals surface area contributed by atoms with E-state index < -0.39 is 23.9 Å². The third kappa shape index (κ3) is 13.6. The van der Waals surface area contributed by atoms with Gasteiger partial charge in [0.2, 0.25) is 23.6 Å². The lowest BCUT2D eigenvalue weighted by Gasteiger charge is -2.57. The van der Waals surface area contributed by atoms with E-state index in [0.29, 0.717) is 77.5 Å². The minimum Gasteiger partial charge on any atom is -0.496 e. The fraction of sp³-hybridized carbons (Fsp3) is 0.506. The van der Waals surface area contributed by atoms with Crippen molar-refractivity contribution >= 4 is 79.9 Å². The lowest BCUT2D eigenvalue weighted by atomic mass is 9.70. The molecular weight excluding hydrogens is 1500 g/mol. The van der Waals surface area contributed by atoms with Gasteiger partial charge in [0.25, 0.3) is 11.1 Å². The van der Waals surface area contributed by atoms with Crippen LogP contribution in [0.1, 0.15) is 124 Å². The number of ether oxygens (including phenoxy) is 4. The van der Waals surface area contributed by atoms with Crippen molar-refractivity contribution in [2.75, 3.05) is 128 Å². The summed E-state index contributed by atoms with van der Waals surface area (Å²) in [5, 5.41) is 6.18. The summed E-state index contributed by atoms with van der Waals surface area (Å²) in [5.41, 5.74) is 11.6. The number of rotatable bonds is 19. The molecule has 9 saturated heterocycles. The Kier molecular flexibility index (Phi) is 19.9. The number of carbonyl (C=O) groups is 4. The number of imide groups is 2. The van der Waals surface area contributed by atoms with Gasteiger partial charge < -0.3 is 42.8 Å². The molecule has 0 bridgehead atoms. The van der Waals surface area contributed by atoms with Crippen molar-refractivity contribution in [2.24, 2.45) is 44.0 Å². The Balaban J connectivity index is 0.523. The van der Waals surface area contributed by atoms with Crippen LogP contribution in [0.4, 0.5) is 17.2 Å². The number of imidazole rings is 2. The summed E-state index contributed by atoms with van der Waals surface area (Å²) in [6.45, 7) is 13.7. The van der Waals surface area contributed by atoms with E-state index in [-0.39, 0.29) is 71.2 Å². The molecule has 29 nitrogen and oxygen atoms in total. The topological polar surface area (TPSA) is 275 Å². The second-order valence-electron chi connectivity index (χ2n) is 35.1. The van der Waals surface area contributed by atoms with Crippen molar-refractivity contribution in [1.82, 2.24) is 62.6 Å². The minimum absolute atomic E-state index is 0.00664. The predicted octanol–water partition coefficient (Wildman–Crippen LogP) is 7.37. The number of benzene rings is 4. The van der Waals surface area contributed by atoms with Gasteiger partial charge in [0, 0.05) is 184 Å². The van der Waals surface area contributed by atoms with Crippen LogP contribution >= 0.6 is 0 Å². The van der Waals surface area contributed by atoms with Gasteiger partial charge in [-0.05, 0) is 197 Å². The zero-order valence-corrected chi connectivity index (χ0v) is 68.6. The van der Waals surface area contributed by atoms with Crippen LogP contribution in [0.3, 0.4) is 0 Å². The SMILES string of the molecule is COc1cc(-c2cn(C)c(=O)c3c2CC(N2CCC2COc2cc(-c4cn(C)c(=O)c5cnc(N6CCC6)cc45)cc(OC)c2CN2CCC4(CCCN(c5ccc6c(c5)n(C)c(=O)n6C5CCC(=O)NC5=O)C4)CC2)N=C3)cc(OC)c1CN1CCC(N2CC3(CCN(c4ccc5c(c4)n(C)c(=O)n5C4CCC(=O)NC4=O)CC3)C2)CC1. The van der Waals surface area contributed by atoms with E-state index in [9.17, 15) is 38.4 Å². The van der Waals surface area contributed by atoms with Gasteiger partial charge >= 0.3 is 11.4 Å². The summed E-state index contributed by atoms with van der Waals surface area (Å²) in [6, 6.07) is 21.7. The van der Waals surface area contributed by atoms with Crippen LogP contribution in [0.5, 0.6) is 23.0 Å². The zero-order chi connectivity index (χ0) is 81.3. The third-order valence-corrected chi connectivity index (χ3v) is 28.4. The lowest BCUT2D eigenvalue weighted by Crippen LogP contribution is -2.64. The summed E-state index contributed by atoms with van der Waals surface area (Å²) in [6.07, 6.45) is 19.0. The largest absolute Gasteiger partial charge is 0.496 e. The second kappa shape index (κ2) is 30.5. The number of aromatic nitrogens is 7. The summed E-state index contributed by atoms with van der Waals surface area (Å²) in [7, 11) is 12.2. The maximum absolute atomic E-state index is 14.2. The highest BCUT2D eigenvalue weighted by molar-refractivity contribution is 6.02. The number of anilines is 3. The van der Waals surface area contributed by atoms with E-state index in [0.717, 1.165) is 233 Å². The highest BCUT2D eigenvalue weighted by Crippen LogP contribution is 2.48. The first kappa shape index (κ1) is 77.1. The Labute approximate surface area is 683 Å². The Hall–Kier alpha value is -10.9. The molecule has 4 amide bonds. The van der Waals surface area contributed by atoms with Crippen LogP contribution in [0.25, 0.3) is 55.1 Å². The maximum atomic E-state index is 14.2. The van der Waals surface area contributed by atoms with Crippen molar-refractivity contribution in [3.63, 3.8) is 0 Å². The van der Waals surface area contributed by atoms with E-state index in [1.807, 2.05) is 24.5 Å². The Bertz CT molecular complexity index is 5830. The van der Waals surface area contributed by atoms with Crippen molar-refractivity contribution in [3.05, 3.63) is 149 Å². The standard InChI is InChI=1S/C89H105N17O12/c1-94-46-64(54-36-74(115-5)66(75(37-54)116-6)48-98-29-18-56(19-30-98)103-52-89(53-103)24-34-100(35-25-89)57-10-12-68-72(40-57)96(3)86(113)105(68)70-14-16-80(107)92-82(70)109)61-43-79(91-45-63(61)85(94)112)104-31-20-59(104)50-118-77-39-55(65-47-95(2)84(111)62-44-90-78(42-60(62)65)101-27-9-28-101)38-76(117-7)67(77)49-99-32-22-88(23-33-99)21-8-26-102(51-88)58-11-13-69-73(41-58)97(4)87(114)106(69)71-15-17-81(108)93-83(71)110/h10-13,36-42,44-47,56,59,70-71,79H,8-9,14-35,43,48-53H2,1-7H3,(H,92,107,109)(H,93,108,110). The smallest absolute Gasteiger partial charge is 0.329 e. The quantitative estimate of drug-likeness (QED) is 0.0748. The third-order valence-electron chi connectivity index (χ3n) is 28.4. The molecule has 2 N–H and O–H groups in total. The van der Waals surface area contributed by atoms with Gasteiger partial charge in [-0.2, -0.15) is 0 Å².